The van der Waals surface area contributed by atoms with Crippen LogP contribution < -0.4 is 0 Å². The number of phenols is 1. The van der Waals surface area contributed by atoms with Gasteiger partial charge in [0.2, 0.25) is 0 Å². The molecule has 0 saturated carbocycles. The molecule has 1 aromatic rings. The van der Waals surface area contributed by atoms with Gasteiger partial charge in [-0.2, -0.15) is 0 Å². The van der Waals surface area contributed by atoms with Gasteiger partial charge in [0.05, 0.1) is 30.1 Å². The number of ether oxygens (including phenoxy) is 3. The summed E-state index contributed by atoms with van der Waals surface area (Å²) in [4.78, 5) is 39.3. The number of carbonyl (C=O) groups excluding carboxylic acids is 3. The van der Waals surface area contributed by atoms with Crippen molar-refractivity contribution in [2.75, 3.05) is 13.2 Å². The normalized spacial score (nSPS) is 26.6. The minimum absolute atomic E-state index is 0.00278. The molecule has 9 heteroatoms. The fourth-order valence-electron chi connectivity index (χ4n) is 4.70. The zero-order valence-corrected chi connectivity index (χ0v) is 19.3. The fourth-order valence-corrected chi connectivity index (χ4v) is 4.70. The first-order chi connectivity index (χ1) is 16.2. The van der Waals surface area contributed by atoms with Crippen molar-refractivity contribution < 1.29 is 43.9 Å². The second kappa shape index (κ2) is 9.42. The van der Waals surface area contributed by atoms with Gasteiger partial charge >= 0.3 is 0 Å². The van der Waals surface area contributed by atoms with Gasteiger partial charge in [-0.25, -0.2) is 0 Å². The Hall–Kier alpha value is -2.85. The molecule has 4 atom stereocenters. The lowest BCUT2D eigenvalue weighted by Crippen LogP contribution is -2.48. The van der Waals surface area contributed by atoms with E-state index in [1.54, 1.807) is 19.1 Å². The molecule has 1 aromatic carbocycles. The number of benzene rings is 1. The Morgan fingerprint density at radius 1 is 1.24 bits per heavy atom. The number of aliphatic hydroxyl groups is 2. The van der Waals surface area contributed by atoms with Gasteiger partial charge in [-0.15, -0.1) is 0 Å². The van der Waals surface area contributed by atoms with E-state index in [9.17, 15) is 29.7 Å². The molecular formula is C25H28O9. The molecule has 182 valence electrons. The average Bonchev–Trinajstić information content (AvgIpc) is 2.77. The van der Waals surface area contributed by atoms with Gasteiger partial charge in [0.15, 0.2) is 17.9 Å². The fraction of sp³-hybridized carbons (Fsp3) is 0.480. The molecule has 0 bridgehead atoms. The van der Waals surface area contributed by atoms with E-state index in [0.29, 0.717) is 23.3 Å². The first-order valence-corrected chi connectivity index (χ1v) is 11.3. The van der Waals surface area contributed by atoms with E-state index in [1.807, 2.05) is 6.92 Å². The smallest absolute Gasteiger partial charge is 0.199 e. The Bertz CT molecular complexity index is 1110. The summed E-state index contributed by atoms with van der Waals surface area (Å²) >= 11 is 0. The number of allylic oxidation sites excluding steroid dienone is 2. The predicted octanol–water partition coefficient (Wildman–Crippen LogP) is 2.37. The topological polar surface area (TPSA) is 140 Å². The van der Waals surface area contributed by atoms with Gasteiger partial charge < -0.3 is 29.5 Å². The lowest BCUT2D eigenvalue weighted by Gasteiger charge is -2.36. The Balaban J connectivity index is 1.89. The second-order valence-corrected chi connectivity index (χ2v) is 8.82. The summed E-state index contributed by atoms with van der Waals surface area (Å²) < 4.78 is 17.0. The highest BCUT2D eigenvalue weighted by atomic mass is 16.7. The Morgan fingerprint density at radius 3 is 2.62 bits per heavy atom. The average molecular weight is 472 g/mol. The molecule has 1 fully saturated rings. The van der Waals surface area contributed by atoms with E-state index >= 15 is 0 Å². The highest BCUT2D eigenvalue weighted by molar-refractivity contribution is 6.29. The quantitative estimate of drug-likeness (QED) is 0.569. The van der Waals surface area contributed by atoms with Crippen LogP contribution in [0.2, 0.25) is 0 Å². The molecule has 2 heterocycles. The summed E-state index contributed by atoms with van der Waals surface area (Å²) in [5.41, 5.74) is 0.526. The summed E-state index contributed by atoms with van der Waals surface area (Å²) in [5.74, 6) is -1.35. The molecular weight excluding hydrogens is 444 g/mol. The number of phenolic OH excluding ortho intramolecular Hbond substituents is 1. The Labute approximate surface area is 196 Å². The van der Waals surface area contributed by atoms with E-state index in [4.69, 9.17) is 14.2 Å². The maximum atomic E-state index is 13.7. The van der Waals surface area contributed by atoms with Crippen LogP contribution in [0.25, 0.3) is 6.08 Å². The lowest BCUT2D eigenvalue weighted by atomic mass is 9.78. The van der Waals surface area contributed by atoms with Crippen LogP contribution in [0, 0.1) is 0 Å². The van der Waals surface area contributed by atoms with Gasteiger partial charge in [-0.05, 0) is 38.0 Å². The summed E-state index contributed by atoms with van der Waals surface area (Å²) in [6.07, 6.45) is -1.31. The predicted molar refractivity (Wildman–Crippen MR) is 119 cm³/mol. The SMILES string of the molecule is CCCC1OC(C)=Cc2cc3c(c(O)c21)C(=O)C(C1OCC(O)C(CO)O1)=C(CC(C)=O)C3=O. The number of aromatic hydroxyl groups is 1. The molecule has 0 aromatic heterocycles. The molecule has 1 aliphatic carbocycles. The van der Waals surface area contributed by atoms with Crippen LogP contribution in [-0.4, -0.2) is 64.4 Å². The molecule has 0 amide bonds. The van der Waals surface area contributed by atoms with E-state index in [0.717, 1.165) is 6.42 Å². The van der Waals surface area contributed by atoms with Crippen molar-refractivity contribution in [2.45, 2.75) is 64.6 Å². The van der Waals surface area contributed by atoms with Crippen LogP contribution in [0.4, 0.5) is 0 Å². The van der Waals surface area contributed by atoms with Crippen LogP contribution in [0.3, 0.4) is 0 Å². The molecule has 4 rings (SSSR count). The minimum Gasteiger partial charge on any atom is -0.507 e. The number of rotatable bonds is 6. The molecule has 0 spiro atoms. The molecule has 3 aliphatic rings. The Kier molecular flexibility index (Phi) is 6.73. The second-order valence-electron chi connectivity index (χ2n) is 8.82. The third-order valence-corrected chi connectivity index (χ3v) is 6.23. The number of aliphatic hydroxyl groups excluding tert-OH is 2. The van der Waals surface area contributed by atoms with Gasteiger partial charge in [0.25, 0.3) is 0 Å². The molecule has 9 nitrogen and oxygen atoms in total. The summed E-state index contributed by atoms with van der Waals surface area (Å²) in [6, 6.07) is 1.55. The van der Waals surface area contributed by atoms with Crippen molar-refractivity contribution in [1.29, 1.82) is 0 Å². The summed E-state index contributed by atoms with van der Waals surface area (Å²) in [6.45, 7) is 4.27. The number of carbonyl (C=O) groups is 3. The number of hydrogen-bond acceptors (Lipinski definition) is 9. The van der Waals surface area contributed by atoms with Crippen molar-refractivity contribution >= 4 is 23.4 Å². The maximum Gasteiger partial charge on any atom is 0.199 e. The van der Waals surface area contributed by atoms with Crippen molar-refractivity contribution in [3.63, 3.8) is 0 Å². The zero-order valence-electron chi connectivity index (χ0n) is 19.3. The molecule has 1 saturated heterocycles. The standard InChI is InChI=1S/C25H28O9/c1-4-5-17-19-13(7-12(3)33-17)8-15-20(23(19)30)24(31)21(14(22(15)29)6-11(2)27)25-32-10-16(28)18(9-26)34-25/h7-8,16-18,25-26,28,30H,4-6,9-10H2,1-3H3. The minimum atomic E-state index is -1.39. The van der Waals surface area contributed by atoms with Crippen LogP contribution in [0.15, 0.2) is 23.0 Å². The first-order valence-electron chi connectivity index (χ1n) is 11.3. The molecule has 0 radical (unpaired) electrons. The Morgan fingerprint density at radius 2 is 1.97 bits per heavy atom. The van der Waals surface area contributed by atoms with E-state index in [-0.39, 0.29) is 46.8 Å². The number of fused-ring (bicyclic) bond motifs is 2. The van der Waals surface area contributed by atoms with E-state index < -0.39 is 42.8 Å². The molecule has 3 N–H and O–H groups in total. The van der Waals surface area contributed by atoms with Gasteiger partial charge in [0, 0.05) is 23.1 Å². The maximum absolute atomic E-state index is 13.7. The van der Waals surface area contributed by atoms with Crippen LogP contribution in [0.1, 0.15) is 78.0 Å². The summed E-state index contributed by atoms with van der Waals surface area (Å²) in [7, 11) is 0. The largest absolute Gasteiger partial charge is 0.507 e. The van der Waals surface area contributed by atoms with Crippen LogP contribution >= 0.6 is 0 Å². The molecule has 34 heavy (non-hydrogen) atoms. The van der Waals surface area contributed by atoms with Crippen LogP contribution in [-0.2, 0) is 19.0 Å². The molecule has 4 unspecified atom stereocenters. The van der Waals surface area contributed by atoms with Crippen molar-refractivity contribution in [3.8, 4) is 5.75 Å². The van der Waals surface area contributed by atoms with Gasteiger partial charge in [0.1, 0.15) is 29.8 Å². The number of hydrogen-bond donors (Lipinski definition) is 3. The van der Waals surface area contributed by atoms with Crippen LogP contribution in [0.5, 0.6) is 5.75 Å². The van der Waals surface area contributed by atoms with Gasteiger partial charge in [-0.1, -0.05) is 13.3 Å². The van der Waals surface area contributed by atoms with Crippen molar-refractivity contribution in [3.05, 3.63) is 45.2 Å². The highest BCUT2D eigenvalue weighted by Crippen LogP contribution is 2.46. The number of Topliss-reactive ketones (excluding diaryl/α,β-unsaturated/α-hetero) is 3. The molecule has 2 aliphatic heterocycles. The summed E-state index contributed by atoms with van der Waals surface area (Å²) in [5, 5.41) is 30.7. The lowest BCUT2D eigenvalue weighted by molar-refractivity contribution is -0.241. The number of ketones is 3. The van der Waals surface area contributed by atoms with Crippen molar-refractivity contribution in [1.82, 2.24) is 0 Å². The van der Waals surface area contributed by atoms with E-state index in [2.05, 4.69) is 0 Å². The monoisotopic (exact) mass is 472 g/mol. The van der Waals surface area contributed by atoms with E-state index in [1.165, 1.54) is 6.92 Å². The van der Waals surface area contributed by atoms with Gasteiger partial charge in [-0.3, -0.25) is 14.4 Å². The third kappa shape index (κ3) is 4.09. The highest BCUT2D eigenvalue weighted by Gasteiger charge is 2.44. The zero-order chi connectivity index (χ0) is 24.7. The third-order valence-electron chi connectivity index (χ3n) is 6.23. The first kappa shape index (κ1) is 24.3. The van der Waals surface area contributed by atoms with Crippen molar-refractivity contribution in [2.24, 2.45) is 0 Å².